The fourth-order valence-electron chi connectivity index (χ4n) is 2.41. The molecule has 0 N–H and O–H groups in total. The van der Waals surface area contributed by atoms with Gasteiger partial charge in [-0.25, -0.2) is 0 Å². The number of ether oxygens (including phenoxy) is 1. The van der Waals surface area contributed by atoms with Gasteiger partial charge in [-0.15, -0.1) is 11.8 Å². The lowest BCUT2D eigenvalue weighted by molar-refractivity contribution is 0.415. The molecular formula is C17H20N2OS. The van der Waals surface area contributed by atoms with E-state index >= 15 is 0 Å². The van der Waals surface area contributed by atoms with Crippen molar-refractivity contribution in [2.75, 3.05) is 12.9 Å². The quantitative estimate of drug-likeness (QED) is 0.736. The van der Waals surface area contributed by atoms with Crippen LogP contribution in [-0.2, 0) is 6.42 Å². The molecular weight excluding hydrogens is 280 g/mol. The molecule has 110 valence electrons. The Hall–Kier alpha value is -1.73. The first-order valence-corrected chi connectivity index (χ1v) is 8.16. The Balaban J connectivity index is 2.62. The smallest absolute Gasteiger partial charge is 0.119 e. The first-order chi connectivity index (χ1) is 10.2. The second kappa shape index (κ2) is 7.33. The Bertz CT molecular complexity index is 677. The van der Waals surface area contributed by atoms with Crippen molar-refractivity contribution in [3.63, 3.8) is 0 Å². The van der Waals surface area contributed by atoms with Crippen molar-refractivity contribution in [1.82, 2.24) is 4.98 Å². The van der Waals surface area contributed by atoms with Crippen molar-refractivity contribution in [2.24, 2.45) is 0 Å². The van der Waals surface area contributed by atoms with Crippen LogP contribution in [-0.4, -0.2) is 17.8 Å². The molecule has 0 saturated heterocycles. The van der Waals surface area contributed by atoms with Crippen LogP contribution in [0.5, 0.6) is 5.75 Å². The predicted molar refractivity (Wildman–Crippen MR) is 88.0 cm³/mol. The number of hydrogen-bond donors (Lipinski definition) is 0. The number of fused-ring (bicyclic) bond motifs is 1. The SMILES string of the molecule is CCCCc1c(C)nc2ccc(OC)cc2c1SCC#N. The summed E-state index contributed by atoms with van der Waals surface area (Å²) in [5, 5.41) is 10.0. The highest BCUT2D eigenvalue weighted by atomic mass is 32.2. The minimum absolute atomic E-state index is 0.453. The predicted octanol–water partition coefficient (Wildman–Crippen LogP) is 4.51. The molecule has 4 heteroatoms. The summed E-state index contributed by atoms with van der Waals surface area (Å²) in [4.78, 5) is 5.91. The zero-order chi connectivity index (χ0) is 15.2. The lowest BCUT2D eigenvalue weighted by Gasteiger charge is -2.14. The second-order valence-electron chi connectivity index (χ2n) is 4.94. The summed E-state index contributed by atoms with van der Waals surface area (Å²) in [6.45, 7) is 4.25. The zero-order valence-corrected chi connectivity index (χ0v) is 13.6. The molecule has 0 bridgehead atoms. The molecule has 2 aromatic rings. The number of benzene rings is 1. The molecule has 0 atom stereocenters. The van der Waals surface area contributed by atoms with E-state index in [9.17, 15) is 0 Å². The van der Waals surface area contributed by atoms with Crippen molar-refractivity contribution >= 4 is 22.7 Å². The average Bonchev–Trinajstić information content (AvgIpc) is 2.50. The van der Waals surface area contributed by atoms with Crippen molar-refractivity contribution in [2.45, 2.75) is 38.0 Å². The third-order valence-electron chi connectivity index (χ3n) is 3.51. The Morgan fingerprint density at radius 2 is 2.19 bits per heavy atom. The van der Waals surface area contributed by atoms with Crippen LogP contribution >= 0.6 is 11.8 Å². The summed E-state index contributed by atoms with van der Waals surface area (Å²) >= 11 is 1.60. The number of hydrogen-bond acceptors (Lipinski definition) is 4. The summed E-state index contributed by atoms with van der Waals surface area (Å²) in [6, 6.07) is 8.17. The number of aryl methyl sites for hydroxylation is 1. The van der Waals surface area contributed by atoms with Gasteiger partial charge >= 0.3 is 0 Å². The standard InChI is InChI=1S/C17H20N2OS/c1-4-5-6-14-12(2)19-16-8-7-13(20-3)11-15(16)17(14)21-10-9-18/h7-8,11H,4-6,10H2,1-3H3. The normalized spacial score (nSPS) is 10.6. The molecule has 0 aliphatic carbocycles. The van der Waals surface area contributed by atoms with Crippen molar-refractivity contribution < 1.29 is 4.74 Å². The number of rotatable bonds is 6. The van der Waals surface area contributed by atoms with E-state index < -0.39 is 0 Å². The summed E-state index contributed by atoms with van der Waals surface area (Å²) in [5.74, 6) is 1.28. The molecule has 2 rings (SSSR count). The Morgan fingerprint density at radius 3 is 2.86 bits per heavy atom. The van der Waals surface area contributed by atoms with E-state index in [-0.39, 0.29) is 0 Å². The number of methoxy groups -OCH3 is 1. The summed E-state index contributed by atoms with van der Waals surface area (Å²) in [7, 11) is 1.67. The average molecular weight is 300 g/mol. The van der Waals surface area contributed by atoms with Gasteiger partial charge in [-0.2, -0.15) is 5.26 Å². The third-order valence-corrected chi connectivity index (χ3v) is 4.54. The molecule has 0 aliphatic rings. The topological polar surface area (TPSA) is 45.9 Å². The Morgan fingerprint density at radius 1 is 1.38 bits per heavy atom. The maximum absolute atomic E-state index is 8.93. The van der Waals surface area contributed by atoms with Crippen LogP contribution in [0.4, 0.5) is 0 Å². The van der Waals surface area contributed by atoms with Gasteiger partial charge in [0.15, 0.2) is 0 Å². The highest BCUT2D eigenvalue weighted by Crippen LogP contribution is 2.35. The van der Waals surface area contributed by atoms with Crippen molar-refractivity contribution in [3.8, 4) is 11.8 Å². The van der Waals surface area contributed by atoms with Crippen molar-refractivity contribution in [1.29, 1.82) is 5.26 Å². The number of thioether (sulfide) groups is 1. The van der Waals surface area contributed by atoms with Crippen LogP contribution in [0.3, 0.4) is 0 Å². The maximum Gasteiger partial charge on any atom is 0.119 e. The molecule has 0 saturated carbocycles. The molecule has 1 heterocycles. The Labute approximate surface area is 130 Å². The summed E-state index contributed by atoms with van der Waals surface area (Å²) < 4.78 is 5.33. The highest BCUT2D eigenvalue weighted by Gasteiger charge is 2.13. The molecule has 0 amide bonds. The molecule has 0 aliphatic heterocycles. The van der Waals surface area contributed by atoms with E-state index in [1.54, 1.807) is 18.9 Å². The van der Waals surface area contributed by atoms with Crippen LogP contribution in [0.2, 0.25) is 0 Å². The molecule has 3 nitrogen and oxygen atoms in total. The van der Waals surface area contributed by atoms with Crippen LogP contribution in [0.15, 0.2) is 23.1 Å². The van der Waals surface area contributed by atoms with E-state index in [1.807, 2.05) is 18.2 Å². The summed E-state index contributed by atoms with van der Waals surface area (Å²) in [6.07, 6.45) is 3.30. The number of pyridine rings is 1. The van der Waals surface area contributed by atoms with E-state index in [2.05, 4.69) is 19.9 Å². The Kier molecular flexibility index (Phi) is 5.46. The number of unbranched alkanes of at least 4 members (excludes halogenated alkanes) is 1. The van der Waals surface area contributed by atoms with Crippen LogP contribution < -0.4 is 4.74 Å². The van der Waals surface area contributed by atoms with E-state index in [4.69, 9.17) is 15.0 Å². The molecule has 0 unspecified atom stereocenters. The largest absolute Gasteiger partial charge is 0.497 e. The van der Waals surface area contributed by atoms with Gasteiger partial charge in [-0.3, -0.25) is 4.98 Å². The van der Waals surface area contributed by atoms with Gasteiger partial charge in [-0.1, -0.05) is 13.3 Å². The fraction of sp³-hybridized carbons (Fsp3) is 0.412. The molecule has 1 aromatic carbocycles. The van der Waals surface area contributed by atoms with Gasteiger partial charge in [0.25, 0.3) is 0 Å². The molecule has 1 aromatic heterocycles. The van der Waals surface area contributed by atoms with Crippen molar-refractivity contribution in [3.05, 3.63) is 29.5 Å². The lowest BCUT2D eigenvalue weighted by Crippen LogP contribution is -1.99. The van der Waals surface area contributed by atoms with Crippen LogP contribution in [0.25, 0.3) is 10.9 Å². The second-order valence-corrected chi connectivity index (χ2v) is 5.92. The van der Waals surface area contributed by atoms with E-state index in [1.165, 1.54) is 10.5 Å². The van der Waals surface area contributed by atoms with Gasteiger partial charge in [0, 0.05) is 16.0 Å². The lowest BCUT2D eigenvalue weighted by atomic mass is 10.0. The molecule has 21 heavy (non-hydrogen) atoms. The zero-order valence-electron chi connectivity index (χ0n) is 12.8. The maximum atomic E-state index is 8.93. The van der Waals surface area contributed by atoms with Crippen LogP contribution in [0, 0.1) is 18.3 Å². The van der Waals surface area contributed by atoms with Gasteiger partial charge in [0.2, 0.25) is 0 Å². The van der Waals surface area contributed by atoms with Gasteiger partial charge in [0.05, 0.1) is 24.4 Å². The highest BCUT2D eigenvalue weighted by molar-refractivity contribution is 7.99. The van der Waals surface area contributed by atoms with Gasteiger partial charge < -0.3 is 4.74 Å². The first kappa shape index (κ1) is 15.7. The number of aromatic nitrogens is 1. The number of nitrogens with zero attached hydrogens (tertiary/aromatic N) is 2. The van der Waals surface area contributed by atoms with Crippen LogP contribution in [0.1, 0.15) is 31.0 Å². The first-order valence-electron chi connectivity index (χ1n) is 7.18. The van der Waals surface area contributed by atoms with Gasteiger partial charge in [-0.05, 0) is 43.5 Å². The van der Waals surface area contributed by atoms with E-state index in [0.717, 1.165) is 41.6 Å². The molecule has 0 radical (unpaired) electrons. The molecule has 0 fully saturated rings. The fourth-order valence-corrected chi connectivity index (χ4v) is 3.37. The van der Waals surface area contributed by atoms with E-state index in [0.29, 0.717) is 5.75 Å². The minimum atomic E-state index is 0.453. The molecule has 0 spiro atoms. The third kappa shape index (κ3) is 3.48. The van der Waals surface area contributed by atoms with Gasteiger partial charge in [0.1, 0.15) is 5.75 Å². The minimum Gasteiger partial charge on any atom is -0.497 e. The number of nitriles is 1. The summed E-state index contributed by atoms with van der Waals surface area (Å²) in [5.41, 5.74) is 3.31. The monoisotopic (exact) mass is 300 g/mol.